The van der Waals surface area contributed by atoms with Gasteiger partial charge in [0.25, 0.3) is 5.91 Å². The lowest BCUT2D eigenvalue weighted by atomic mass is 10.1. The molecule has 0 unspecified atom stereocenters. The molecule has 8 heteroatoms. The molecule has 0 saturated heterocycles. The Balaban J connectivity index is 1.43. The monoisotopic (exact) mass is 437 g/mol. The van der Waals surface area contributed by atoms with Crippen LogP contribution in [0.1, 0.15) is 21.8 Å². The molecule has 158 valence electrons. The molecule has 0 aliphatic rings. The van der Waals surface area contributed by atoms with E-state index in [1.165, 1.54) is 7.11 Å². The van der Waals surface area contributed by atoms with Crippen LogP contribution in [0.25, 0.3) is 10.8 Å². The summed E-state index contributed by atoms with van der Waals surface area (Å²) in [5, 5.41) is 6.53. The average molecular weight is 438 g/mol. The summed E-state index contributed by atoms with van der Waals surface area (Å²) in [6.45, 7) is 0.527. The summed E-state index contributed by atoms with van der Waals surface area (Å²) in [5.74, 6) is 1.20. The lowest BCUT2D eigenvalue weighted by Gasteiger charge is -2.17. The third-order valence-corrected chi connectivity index (χ3v) is 5.03. The van der Waals surface area contributed by atoms with E-state index in [0.717, 1.165) is 16.3 Å². The van der Waals surface area contributed by atoms with Gasteiger partial charge in [-0.1, -0.05) is 35.0 Å². The van der Waals surface area contributed by atoms with Crippen molar-refractivity contribution in [3.8, 4) is 11.5 Å². The highest BCUT2D eigenvalue weighted by molar-refractivity contribution is 6.30. The van der Waals surface area contributed by atoms with Crippen LogP contribution in [-0.4, -0.2) is 35.1 Å². The highest BCUT2D eigenvalue weighted by Gasteiger charge is 2.18. The van der Waals surface area contributed by atoms with E-state index in [9.17, 15) is 4.79 Å². The number of amides is 1. The Morgan fingerprint density at radius 1 is 1.16 bits per heavy atom. The Bertz CT molecular complexity index is 1220. The molecule has 1 amide bonds. The minimum atomic E-state index is -0.245. The summed E-state index contributed by atoms with van der Waals surface area (Å²) in [7, 11) is 3.26. The lowest BCUT2D eigenvalue weighted by Crippen LogP contribution is -2.26. The predicted molar refractivity (Wildman–Crippen MR) is 116 cm³/mol. The van der Waals surface area contributed by atoms with Crippen LogP contribution in [0.15, 0.2) is 65.4 Å². The average Bonchev–Trinajstić information content (AvgIpc) is 3.27. The highest BCUT2D eigenvalue weighted by atomic mass is 35.5. The standard InChI is InChI=1S/C23H20ClN3O4/c1-27(13-16-5-3-4-15-12-25-9-8-19(15)16)23(28)20-11-18(31-26-20)14-30-21-7-6-17(24)10-22(21)29-2/h3-12H,13-14H2,1-2H3. The maximum Gasteiger partial charge on any atom is 0.276 e. The molecule has 2 aromatic heterocycles. The molecule has 31 heavy (non-hydrogen) atoms. The zero-order valence-corrected chi connectivity index (χ0v) is 17.8. The van der Waals surface area contributed by atoms with E-state index in [4.69, 9.17) is 25.6 Å². The molecule has 7 nitrogen and oxygen atoms in total. The zero-order chi connectivity index (χ0) is 21.8. The molecular formula is C23H20ClN3O4. The van der Waals surface area contributed by atoms with E-state index in [0.29, 0.717) is 28.8 Å². The number of pyridine rings is 1. The van der Waals surface area contributed by atoms with Crippen LogP contribution >= 0.6 is 11.6 Å². The molecule has 0 aliphatic heterocycles. The van der Waals surface area contributed by atoms with Gasteiger partial charge in [0.05, 0.1) is 7.11 Å². The van der Waals surface area contributed by atoms with Crippen molar-refractivity contribution < 1.29 is 18.8 Å². The Labute approximate surface area is 184 Å². The lowest BCUT2D eigenvalue weighted by molar-refractivity contribution is 0.0775. The molecule has 4 aromatic rings. The fourth-order valence-corrected chi connectivity index (χ4v) is 3.40. The second kappa shape index (κ2) is 9.06. The molecule has 0 radical (unpaired) electrons. The predicted octanol–water partition coefficient (Wildman–Crippen LogP) is 4.74. The van der Waals surface area contributed by atoms with Crippen molar-refractivity contribution in [2.24, 2.45) is 0 Å². The number of benzene rings is 2. The SMILES string of the molecule is COc1cc(Cl)ccc1OCc1cc(C(=O)N(C)Cc2cccc3cnccc23)no1. The van der Waals surface area contributed by atoms with Gasteiger partial charge in [-0.15, -0.1) is 0 Å². The number of halogens is 1. The van der Waals surface area contributed by atoms with Gasteiger partial charge in [0.15, 0.2) is 23.0 Å². The summed E-state index contributed by atoms with van der Waals surface area (Å²) in [6, 6.07) is 14.5. The van der Waals surface area contributed by atoms with Crippen LogP contribution in [0.2, 0.25) is 5.02 Å². The van der Waals surface area contributed by atoms with Crippen molar-refractivity contribution in [2.75, 3.05) is 14.2 Å². The van der Waals surface area contributed by atoms with Crippen molar-refractivity contribution in [2.45, 2.75) is 13.2 Å². The first-order chi connectivity index (χ1) is 15.0. The van der Waals surface area contributed by atoms with E-state index in [2.05, 4.69) is 10.1 Å². The van der Waals surface area contributed by atoms with Gasteiger partial charge in [-0.3, -0.25) is 9.78 Å². The van der Waals surface area contributed by atoms with Crippen molar-refractivity contribution in [3.05, 3.63) is 83.0 Å². The van der Waals surface area contributed by atoms with E-state index in [1.807, 2.05) is 24.3 Å². The molecular weight excluding hydrogens is 418 g/mol. The molecule has 4 rings (SSSR count). The number of nitrogens with zero attached hydrogens (tertiary/aromatic N) is 3. The first-order valence-electron chi connectivity index (χ1n) is 9.54. The fraction of sp³-hybridized carbons (Fsp3) is 0.174. The molecule has 0 aliphatic carbocycles. The Hall–Kier alpha value is -3.58. The molecule has 0 spiro atoms. The molecule has 2 aromatic carbocycles. The van der Waals surface area contributed by atoms with Gasteiger partial charge < -0.3 is 18.9 Å². The Morgan fingerprint density at radius 2 is 2.03 bits per heavy atom. The van der Waals surface area contributed by atoms with E-state index >= 15 is 0 Å². The van der Waals surface area contributed by atoms with Crippen molar-refractivity contribution in [1.29, 1.82) is 0 Å². The maximum atomic E-state index is 12.8. The van der Waals surface area contributed by atoms with Gasteiger partial charge in [0.2, 0.25) is 0 Å². The maximum absolute atomic E-state index is 12.8. The number of fused-ring (bicyclic) bond motifs is 1. The summed E-state index contributed by atoms with van der Waals surface area (Å²) in [4.78, 5) is 18.6. The number of carbonyl (C=O) groups excluding carboxylic acids is 1. The van der Waals surface area contributed by atoms with Crippen LogP contribution < -0.4 is 9.47 Å². The van der Waals surface area contributed by atoms with Crippen molar-refractivity contribution >= 4 is 28.3 Å². The van der Waals surface area contributed by atoms with Crippen LogP contribution in [0.4, 0.5) is 0 Å². The van der Waals surface area contributed by atoms with Gasteiger partial charge in [0, 0.05) is 48.5 Å². The van der Waals surface area contributed by atoms with Crippen molar-refractivity contribution in [3.63, 3.8) is 0 Å². The largest absolute Gasteiger partial charge is 0.493 e. The summed E-state index contributed by atoms with van der Waals surface area (Å²) in [6.07, 6.45) is 3.55. The number of aromatic nitrogens is 2. The molecule has 2 heterocycles. The number of hydrogen-bond donors (Lipinski definition) is 0. The van der Waals surface area contributed by atoms with E-state index in [-0.39, 0.29) is 18.2 Å². The van der Waals surface area contributed by atoms with Crippen LogP contribution in [0, 0.1) is 0 Å². The molecule has 0 N–H and O–H groups in total. The molecule has 0 fully saturated rings. The third kappa shape index (κ3) is 4.62. The number of carbonyl (C=O) groups is 1. The number of methoxy groups -OCH3 is 1. The Kier molecular flexibility index (Phi) is 6.04. The first-order valence-corrected chi connectivity index (χ1v) is 9.92. The number of ether oxygens (including phenoxy) is 2. The third-order valence-electron chi connectivity index (χ3n) is 4.80. The fourth-order valence-electron chi connectivity index (χ4n) is 3.24. The minimum Gasteiger partial charge on any atom is -0.493 e. The van der Waals surface area contributed by atoms with Gasteiger partial charge in [-0.05, 0) is 29.1 Å². The van der Waals surface area contributed by atoms with Crippen LogP contribution in [-0.2, 0) is 13.2 Å². The van der Waals surface area contributed by atoms with Gasteiger partial charge in [-0.2, -0.15) is 0 Å². The summed E-state index contributed by atoms with van der Waals surface area (Å²) >= 11 is 5.96. The van der Waals surface area contributed by atoms with Gasteiger partial charge in [0.1, 0.15) is 6.61 Å². The van der Waals surface area contributed by atoms with Crippen LogP contribution in [0.3, 0.4) is 0 Å². The first kappa shape index (κ1) is 20.7. The Morgan fingerprint density at radius 3 is 2.87 bits per heavy atom. The zero-order valence-electron chi connectivity index (χ0n) is 17.0. The van der Waals surface area contributed by atoms with Crippen LogP contribution in [0.5, 0.6) is 11.5 Å². The summed E-state index contributed by atoms with van der Waals surface area (Å²) in [5.41, 5.74) is 1.24. The quantitative estimate of drug-likeness (QED) is 0.415. The normalized spacial score (nSPS) is 10.8. The second-order valence-electron chi connectivity index (χ2n) is 6.94. The van der Waals surface area contributed by atoms with E-state index in [1.54, 1.807) is 48.6 Å². The smallest absolute Gasteiger partial charge is 0.276 e. The minimum absolute atomic E-state index is 0.0955. The molecule has 0 bridgehead atoms. The van der Waals surface area contributed by atoms with Crippen molar-refractivity contribution in [1.82, 2.24) is 15.0 Å². The topological polar surface area (TPSA) is 77.7 Å². The van der Waals surface area contributed by atoms with E-state index < -0.39 is 0 Å². The number of hydrogen-bond acceptors (Lipinski definition) is 6. The second-order valence-corrected chi connectivity index (χ2v) is 7.37. The molecule has 0 saturated carbocycles. The van der Waals surface area contributed by atoms with Gasteiger partial charge in [-0.25, -0.2) is 0 Å². The number of rotatable bonds is 7. The van der Waals surface area contributed by atoms with Gasteiger partial charge >= 0.3 is 0 Å². The highest BCUT2D eigenvalue weighted by Crippen LogP contribution is 2.30. The summed E-state index contributed by atoms with van der Waals surface area (Å²) < 4.78 is 16.3. The molecule has 0 atom stereocenters.